The normalized spacial score (nSPS) is 45.2. The number of carbonyl (C=O) groups is 3. The van der Waals surface area contributed by atoms with Crippen molar-refractivity contribution in [3.63, 3.8) is 0 Å². The molecule has 0 N–H and O–H groups in total. The Morgan fingerprint density at radius 2 is 1.69 bits per heavy atom. The van der Waals surface area contributed by atoms with Crippen molar-refractivity contribution in [2.24, 2.45) is 39.9 Å². The van der Waals surface area contributed by atoms with Crippen molar-refractivity contribution in [1.82, 2.24) is 0 Å². The fourth-order valence-electron chi connectivity index (χ4n) is 8.23. The van der Waals surface area contributed by atoms with E-state index < -0.39 is 28.1 Å². The molecule has 0 aromatic rings. The highest BCUT2D eigenvalue weighted by Crippen LogP contribution is 2.78. The minimum atomic E-state index is -0.939. The van der Waals surface area contributed by atoms with Crippen LogP contribution in [0, 0.1) is 39.9 Å². The average Bonchev–Trinajstić information content (AvgIpc) is 3.14. The lowest BCUT2D eigenvalue weighted by molar-refractivity contribution is -0.181. The zero-order valence-electron chi connectivity index (χ0n) is 17.9. The number of hydrogen-bond acceptors (Lipinski definition) is 6. The summed E-state index contributed by atoms with van der Waals surface area (Å²) >= 11 is 0. The zero-order valence-corrected chi connectivity index (χ0v) is 17.9. The number of ether oxygens (including phenoxy) is 3. The van der Waals surface area contributed by atoms with Gasteiger partial charge in [0.2, 0.25) is 0 Å². The molecule has 2 bridgehead atoms. The van der Waals surface area contributed by atoms with Gasteiger partial charge in [-0.05, 0) is 62.7 Å². The predicted molar refractivity (Wildman–Crippen MR) is 104 cm³/mol. The number of rotatable bonds is 3. The minimum Gasteiger partial charge on any atom is -0.469 e. The molecule has 0 aromatic carbocycles. The van der Waals surface area contributed by atoms with Crippen LogP contribution in [0.15, 0.2) is 12.2 Å². The molecule has 0 unspecified atom stereocenters. The highest BCUT2D eigenvalue weighted by atomic mass is 16.5. The molecular formula is C23H32O6. The molecule has 29 heavy (non-hydrogen) atoms. The van der Waals surface area contributed by atoms with Crippen molar-refractivity contribution in [1.29, 1.82) is 0 Å². The number of hydrogen-bond donors (Lipinski definition) is 0. The van der Waals surface area contributed by atoms with Gasteiger partial charge in [-0.25, -0.2) is 0 Å². The number of fused-ring (bicyclic) bond motifs is 3. The third-order valence-corrected chi connectivity index (χ3v) is 9.03. The van der Waals surface area contributed by atoms with E-state index >= 15 is 0 Å². The maximum Gasteiger partial charge on any atom is 0.312 e. The van der Waals surface area contributed by atoms with Crippen LogP contribution in [0.1, 0.15) is 51.9 Å². The Balaban J connectivity index is 2.00. The summed E-state index contributed by atoms with van der Waals surface area (Å²) < 4.78 is 15.9. The van der Waals surface area contributed by atoms with E-state index in [0.29, 0.717) is 25.2 Å². The average molecular weight is 405 g/mol. The van der Waals surface area contributed by atoms with E-state index in [1.807, 2.05) is 6.92 Å². The molecule has 6 nitrogen and oxygen atoms in total. The molecule has 4 aliphatic rings. The van der Waals surface area contributed by atoms with Crippen LogP contribution < -0.4 is 0 Å². The van der Waals surface area contributed by atoms with Gasteiger partial charge in [0.1, 0.15) is 0 Å². The van der Waals surface area contributed by atoms with Crippen LogP contribution in [0.5, 0.6) is 0 Å². The van der Waals surface area contributed by atoms with Gasteiger partial charge in [-0.1, -0.05) is 18.6 Å². The van der Waals surface area contributed by atoms with Crippen LogP contribution in [0.25, 0.3) is 0 Å². The van der Waals surface area contributed by atoms with Gasteiger partial charge in [-0.15, -0.1) is 0 Å². The van der Waals surface area contributed by atoms with Crippen molar-refractivity contribution < 1.29 is 28.6 Å². The van der Waals surface area contributed by atoms with E-state index in [-0.39, 0.29) is 23.8 Å². The molecule has 0 heterocycles. The standard InChI is InChI=1S/C23H32O6/c1-13-11-22-12-14(13)7-8-15(22)23(20(26)29-5)10-6-9-21(2,19(25)28-4)17(23)16(22)18(24)27-3/h14-17H,1,6-12H2,2-5H3/t14-,15-,16-,17-,21-,22+,23-/m1/s1. The number of carbonyl (C=O) groups excluding carboxylic acids is 3. The van der Waals surface area contributed by atoms with Crippen molar-refractivity contribution >= 4 is 17.9 Å². The van der Waals surface area contributed by atoms with E-state index in [0.717, 1.165) is 25.7 Å². The fourth-order valence-corrected chi connectivity index (χ4v) is 8.23. The second kappa shape index (κ2) is 6.58. The number of esters is 3. The quantitative estimate of drug-likeness (QED) is 0.408. The highest BCUT2D eigenvalue weighted by molar-refractivity contribution is 5.87. The van der Waals surface area contributed by atoms with Crippen molar-refractivity contribution in [3.05, 3.63) is 12.2 Å². The molecule has 1 spiro atoms. The Morgan fingerprint density at radius 1 is 1.00 bits per heavy atom. The van der Waals surface area contributed by atoms with Crippen molar-refractivity contribution in [2.45, 2.75) is 51.9 Å². The molecule has 0 aromatic heterocycles. The summed E-state index contributed by atoms with van der Waals surface area (Å²) in [6.07, 6.45) is 5.32. The number of methoxy groups -OCH3 is 3. The lowest BCUT2D eigenvalue weighted by Gasteiger charge is -2.50. The SMILES string of the molecule is C=C1C[C@]23C[C@H]1CC[C@H]2[C@]1(C(=O)OC)CCC[C@@](C)(C(=O)OC)[C@H]1[C@@H]3C(=O)OC. The summed E-state index contributed by atoms with van der Waals surface area (Å²) in [6.45, 7) is 6.17. The number of allylic oxidation sites excluding steroid dienone is 1. The first-order valence-corrected chi connectivity index (χ1v) is 10.6. The van der Waals surface area contributed by atoms with Crippen LogP contribution in [-0.4, -0.2) is 39.2 Å². The Bertz CT molecular complexity index is 773. The molecular weight excluding hydrogens is 372 g/mol. The molecule has 160 valence electrons. The summed E-state index contributed by atoms with van der Waals surface area (Å²) in [5.74, 6) is -1.64. The van der Waals surface area contributed by atoms with Crippen molar-refractivity contribution in [2.75, 3.05) is 21.3 Å². The Morgan fingerprint density at radius 3 is 2.31 bits per heavy atom. The van der Waals surface area contributed by atoms with Crippen LogP contribution >= 0.6 is 0 Å². The summed E-state index contributed by atoms with van der Waals surface area (Å²) in [4.78, 5) is 39.9. The Hall–Kier alpha value is -1.85. The third kappa shape index (κ3) is 2.32. The lowest BCUT2D eigenvalue weighted by Crippen LogP contribution is -2.55. The van der Waals surface area contributed by atoms with Gasteiger partial charge in [0.15, 0.2) is 0 Å². The van der Waals surface area contributed by atoms with Gasteiger partial charge >= 0.3 is 17.9 Å². The van der Waals surface area contributed by atoms with E-state index in [9.17, 15) is 14.4 Å². The first kappa shape index (κ1) is 20.4. The molecule has 0 amide bonds. The zero-order chi connectivity index (χ0) is 21.2. The first-order valence-electron chi connectivity index (χ1n) is 10.6. The van der Waals surface area contributed by atoms with Crippen LogP contribution in [0.2, 0.25) is 0 Å². The van der Waals surface area contributed by atoms with Gasteiger partial charge < -0.3 is 14.2 Å². The molecule has 4 saturated carbocycles. The fraction of sp³-hybridized carbons (Fsp3) is 0.783. The summed E-state index contributed by atoms with van der Waals surface area (Å²) in [7, 11) is 4.19. The molecule has 4 aliphatic carbocycles. The Kier molecular flexibility index (Phi) is 4.63. The summed E-state index contributed by atoms with van der Waals surface area (Å²) in [6, 6.07) is 0. The van der Waals surface area contributed by atoms with Gasteiger partial charge in [0.05, 0.1) is 38.1 Å². The van der Waals surface area contributed by atoms with Crippen LogP contribution in [0.4, 0.5) is 0 Å². The smallest absolute Gasteiger partial charge is 0.312 e. The molecule has 4 fully saturated rings. The molecule has 0 saturated heterocycles. The second-order valence-corrected chi connectivity index (χ2v) is 9.87. The van der Waals surface area contributed by atoms with E-state index in [1.165, 1.54) is 26.9 Å². The van der Waals surface area contributed by atoms with E-state index in [1.54, 1.807) is 0 Å². The highest BCUT2D eigenvalue weighted by Gasteiger charge is 2.79. The molecule has 0 aliphatic heterocycles. The minimum absolute atomic E-state index is 0.0173. The second-order valence-electron chi connectivity index (χ2n) is 9.87. The van der Waals surface area contributed by atoms with E-state index in [4.69, 9.17) is 14.2 Å². The molecule has 4 rings (SSSR count). The summed E-state index contributed by atoms with van der Waals surface area (Å²) in [5.41, 5.74) is -1.04. The maximum absolute atomic E-state index is 13.5. The lowest BCUT2D eigenvalue weighted by atomic mass is 9.52. The largest absolute Gasteiger partial charge is 0.469 e. The Labute approximate surface area is 172 Å². The monoisotopic (exact) mass is 404 g/mol. The molecule has 0 radical (unpaired) electrons. The van der Waals surface area contributed by atoms with Crippen LogP contribution in [-0.2, 0) is 28.6 Å². The predicted octanol–water partition coefficient (Wildman–Crippen LogP) is 3.29. The third-order valence-electron chi connectivity index (χ3n) is 9.03. The molecule has 7 atom stereocenters. The van der Waals surface area contributed by atoms with Gasteiger partial charge in [0.25, 0.3) is 0 Å². The van der Waals surface area contributed by atoms with E-state index in [2.05, 4.69) is 6.58 Å². The van der Waals surface area contributed by atoms with Gasteiger partial charge in [-0.3, -0.25) is 14.4 Å². The first-order chi connectivity index (χ1) is 13.7. The van der Waals surface area contributed by atoms with Gasteiger partial charge in [0, 0.05) is 5.92 Å². The maximum atomic E-state index is 13.5. The van der Waals surface area contributed by atoms with Crippen LogP contribution in [0.3, 0.4) is 0 Å². The molecule has 6 heteroatoms. The topological polar surface area (TPSA) is 78.9 Å². The van der Waals surface area contributed by atoms with Gasteiger partial charge in [-0.2, -0.15) is 0 Å². The summed E-state index contributed by atoms with van der Waals surface area (Å²) in [5, 5.41) is 0. The van der Waals surface area contributed by atoms with Crippen molar-refractivity contribution in [3.8, 4) is 0 Å².